The number of ether oxygens (including phenoxy) is 1. The molecule has 0 saturated carbocycles. The smallest absolute Gasteiger partial charge is 0.337 e. The van der Waals surface area contributed by atoms with Gasteiger partial charge in [0.05, 0.1) is 17.2 Å². The lowest BCUT2D eigenvalue weighted by Gasteiger charge is -2.19. The summed E-state index contributed by atoms with van der Waals surface area (Å²) in [5.41, 5.74) is 2.31. The van der Waals surface area contributed by atoms with Gasteiger partial charge in [0, 0.05) is 30.7 Å². The van der Waals surface area contributed by atoms with Gasteiger partial charge in [0.1, 0.15) is 5.65 Å². The minimum atomic E-state index is -1.03. The normalized spacial score (nSPS) is 14.0. The molecular formula is C23H27N3O5. The van der Waals surface area contributed by atoms with Crippen LogP contribution in [0.5, 0.6) is 5.88 Å². The summed E-state index contributed by atoms with van der Waals surface area (Å²) >= 11 is 0. The number of carbonyl (C=O) groups is 1. The van der Waals surface area contributed by atoms with Gasteiger partial charge in [0.25, 0.3) is 5.56 Å². The van der Waals surface area contributed by atoms with Crippen LogP contribution in [0.1, 0.15) is 52.9 Å². The molecule has 1 aliphatic heterocycles. The second-order valence-electron chi connectivity index (χ2n) is 7.57. The highest BCUT2D eigenvalue weighted by atomic mass is 16.5. The minimum absolute atomic E-state index is 0.153. The molecule has 31 heavy (non-hydrogen) atoms. The van der Waals surface area contributed by atoms with E-state index < -0.39 is 5.97 Å². The molecule has 1 aliphatic rings. The predicted molar refractivity (Wildman–Crippen MR) is 118 cm³/mol. The van der Waals surface area contributed by atoms with Crippen LogP contribution in [0.25, 0.3) is 5.65 Å². The predicted octanol–water partition coefficient (Wildman–Crippen LogP) is 3.69. The number of anilines is 1. The van der Waals surface area contributed by atoms with E-state index in [1.54, 1.807) is 24.4 Å². The first-order valence-corrected chi connectivity index (χ1v) is 10.2. The molecule has 4 rings (SSSR count). The van der Waals surface area contributed by atoms with E-state index in [1.165, 1.54) is 30.2 Å². The maximum Gasteiger partial charge on any atom is 0.337 e. The second-order valence-corrected chi connectivity index (χ2v) is 7.57. The number of fused-ring (bicyclic) bond motifs is 1. The summed E-state index contributed by atoms with van der Waals surface area (Å²) in [6, 6.07) is 8.11. The summed E-state index contributed by atoms with van der Waals surface area (Å²) in [5, 5.41) is 22.5. The third-order valence-electron chi connectivity index (χ3n) is 5.11. The van der Waals surface area contributed by atoms with Crippen molar-refractivity contribution >= 4 is 17.3 Å². The number of aromatic carboxylic acids is 1. The summed E-state index contributed by atoms with van der Waals surface area (Å²) in [5.74, 6) is -1.34. The molecule has 0 bridgehead atoms. The Labute approximate surface area is 180 Å². The zero-order chi connectivity index (χ0) is 22.5. The number of hydrogen-bond donors (Lipinski definition) is 3. The van der Waals surface area contributed by atoms with E-state index in [9.17, 15) is 19.8 Å². The molecule has 8 nitrogen and oxygen atoms in total. The van der Waals surface area contributed by atoms with Crippen LogP contribution in [0.15, 0.2) is 41.3 Å². The second kappa shape index (κ2) is 9.61. The number of rotatable bonds is 4. The molecule has 2 aromatic heterocycles. The molecule has 1 unspecified atom stereocenters. The van der Waals surface area contributed by atoms with Crippen LogP contribution in [-0.4, -0.2) is 38.8 Å². The Balaban J connectivity index is 0.000000478. The number of para-hydroxylation sites is 1. The molecule has 0 radical (unpaired) electrons. The van der Waals surface area contributed by atoms with Crippen LogP contribution in [0.4, 0.5) is 5.69 Å². The van der Waals surface area contributed by atoms with E-state index in [2.05, 4.69) is 10.3 Å². The van der Waals surface area contributed by atoms with Crippen molar-refractivity contribution in [3.05, 3.63) is 69.1 Å². The van der Waals surface area contributed by atoms with Crippen molar-refractivity contribution in [2.45, 2.75) is 39.7 Å². The van der Waals surface area contributed by atoms with Gasteiger partial charge in [-0.25, -0.2) is 4.79 Å². The van der Waals surface area contributed by atoms with Gasteiger partial charge in [-0.3, -0.25) is 9.20 Å². The largest absolute Gasteiger partial charge is 0.493 e. The SMILES string of the molecule is C1CCOC1.Cc1cc(C(C)Nc2ccccc2C(=O)O)c2nc(O)c(C)c(=O)n2c1. The highest BCUT2D eigenvalue weighted by molar-refractivity contribution is 5.94. The Morgan fingerprint density at radius 3 is 2.52 bits per heavy atom. The van der Waals surface area contributed by atoms with Gasteiger partial charge in [-0.2, -0.15) is 4.98 Å². The van der Waals surface area contributed by atoms with Crippen molar-refractivity contribution in [2.75, 3.05) is 18.5 Å². The number of nitrogens with zero attached hydrogens (tertiary/aromatic N) is 2. The number of nitrogens with one attached hydrogen (secondary N) is 1. The first-order valence-electron chi connectivity index (χ1n) is 10.2. The Morgan fingerprint density at radius 2 is 1.90 bits per heavy atom. The standard InChI is InChI=1S/C19H19N3O4.C4H8O/c1-10-8-14(16-21-17(23)11(2)18(24)22(16)9-10)12(3)20-15-7-5-4-6-13(15)19(25)26;1-2-4-5-3-1/h4-9,12,20,23H,1-3H3,(H,25,26);1-4H2. The number of carboxylic acid groups (broad SMARTS) is 1. The maximum atomic E-state index is 12.4. The third-order valence-corrected chi connectivity index (χ3v) is 5.11. The van der Waals surface area contributed by atoms with Gasteiger partial charge >= 0.3 is 5.97 Å². The van der Waals surface area contributed by atoms with Gasteiger partial charge in [-0.05, 0) is 57.4 Å². The van der Waals surface area contributed by atoms with Crippen molar-refractivity contribution in [1.82, 2.24) is 9.38 Å². The number of aryl methyl sites for hydroxylation is 1. The van der Waals surface area contributed by atoms with E-state index >= 15 is 0 Å². The lowest BCUT2D eigenvalue weighted by molar-refractivity contribution is 0.0698. The summed E-state index contributed by atoms with van der Waals surface area (Å²) in [6.45, 7) is 7.22. The highest BCUT2D eigenvalue weighted by Gasteiger charge is 2.18. The Hall–Kier alpha value is -3.39. The van der Waals surface area contributed by atoms with E-state index in [0.717, 1.165) is 18.8 Å². The topological polar surface area (TPSA) is 113 Å². The minimum Gasteiger partial charge on any atom is -0.493 e. The van der Waals surface area contributed by atoms with Crippen LogP contribution in [0.2, 0.25) is 0 Å². The van der Waals surface area contributed by atoms with Crippen molar-refractivity contribution < 1.29 is 19.7 Å². The fraction of sp³-hybridized carbons (Fsp3) is 0.348. The molecule has 1 aromatic carbocycles. The number of benzene rings is 1. The maximum absolute atomic E-state index is 12.4. The fourth-order valence-corrected chi connectivity index (χ4v) is 3.42. The average molecular weight is 425 g/mol. The van der Waals surface area contributed by atoms with E-state index in [4.69, 9.17) is 4.74 Å². The Morgan fingerprint density at radius 1 is 1.23 bits per heavy atom. The van der Waals surface area contributed by atoms with Gasteiger partial charge in [-0.1, -0.05) is 12.1 Å². The molecule has 3 N–H and O–H groups in total. The molecule has 8 heteroatoms. The van der Waals surface area contributed by atoms with Gasteiger partial charge in [0.15, 0.2) is 0 Å². The molecule has 1 saturated heterocycles. The fourth-order valence-electron chi connectivity index (χ4n) is 3.42. The van der Waals surface area contributed by atoms with Crippen molar-refractivity contribution in [3.8, 4) is 5.88 Å². The van der Waals surface area contributed by atoms with E-state index in [-0.39, 0.29) is 28.6 Å². The zero-order valence-corrected chi connectivity index (χ0v) is 17.9. The van der Waals surface area contributed by atoms with Gasteiger partial charge in [-0.15, -0.1) is 0 Å². The third kappa shape index (κ3) is 5.03. The molecule has 1 atom stereocenters. The van der Waals surface area contributed by atoms with Crippen molar-refractivity contribution in [3.63, 3.8) is 0 Å². The molecule has 3 aromatic rings. The van der Waals surface area contributed by atoms with Crippen molar-refractivity contribution in [2.24, 2.45) is 0 Å². The zero-order valence-electron chi connectivity index (χ0n) is 17.9. The van der Waals surface area contributed by atoms with E-state index in [1.807, 2.05) is 19.9 Å². The van der Waals surface area contributed by atoms with Crippen LogP contribution in [0.3, 0.4) is 0 Å². The molecule has 0 aliphatic carbocycles. The molecular weight excluding hydrogens is 398 g/mol. The first-order chi connectivity index (χ1) is 14.8. The molecule has 1 fully saturated rings. The van der Waals surface area contributed by atoms with Crippen LogP contribution >= 0.6 is 0 Å². The Kier molecular flexibility index (Phi) is 6.91. The van der Waals surface area contributed by atoms with E-state index in [0.29, 0.717) is 16.9 Å². The quantitative estimate of drug-likeness (QED) is 0.584. The summed E-state index contributed by atoms with van der Waals surface area (Å²) in [7, 11) is 0. The summed E-state index contributed by atoms with van der Waals surface area (Å²) < 4.78 is 6.35. The average Bonchev–Trinajstić information content (AvgIpc) is 3.33. The van der Waals surface area contributed by atoms with Crippen molar-refractivity contribution in [1.29, 1.82) is 0 Å². The number of hydrogen-bond acceptors (Lipinski definition) is 6. The Bertz CT molecular complexity index is 1140. The monoisotopic (exact) mass is 425 g/mol. The molecule has 0 amide bonds. The molecule has 164 valence electrons. The van der Waals surface area contributed by atoms with Gasteiger partial charge in [0.2, 0.25) is 5.88 Å². The highest BCUT2D eigenvalue weighted by Crippen LogP contribution is 2.26. The lowest BCUT2D eigenvalue weighted by Crippen LogP contribution is -2.21. The summed E-state index contributed by atoms with van der Waals surface area (Å²) in [4.78, 5) is 28.0. The first kappa shape index (κ1) is 22.3. The van der Waals surface area contributed by atoms with Gasteiger partial charge < -0.3 is 20.3 Å². The number of pyridine rings is 1. The number of carboxylic acids is 1. The van der Waals surface area contributed by atoms with Crippen LogP contribution < -0.4 is 10.9 Å². The number of aromatic nitrogens is 2. The summed E-state index contributed by atoms with van der Waals surface area (Å²) in [6.07, 6.45) is 4.22. The molecule has 0 spiro atoms. The van der Waals surface area contributed by atoms with Crippen LogP contribution in [0, 0.1) is 13.8 Å². The number of aromatic hydroxyl groups is 1. The lowest BCUT2D eigenvalue weighted by atomic mass is 10.1. The van der Waals surface area contributed by atoms with Crippen LogP contribution in [-0.2, 0) is 4.74 Å². The molecule has 3 heterocycles.